The number of carbonyl (C=O) groups is 2. The molecule has 0 unspecified atom stereocenters. The number of ketones is 2. The lowest BCUT2D eigenvalue weighted by Gasteiger charge is -2.44. The molecule has 0 radical (unpaired) electrons. The van der Waals surface area contributed by atoms with Crippen LogP contribution in [-0.4, -0.2) is 54.7 Å². The molecule has 2 aliphatic rings. The van der Waals surface area contributed by atoms with Gasteiger partial charge in [-0.1, -0.05) is 64.5 Å². The molecule has 0 N–H and O–H groups in total. The van der Waals surface area contributed by atoms with E-state index in [1.165, 1.54) is 5.56 Å². The SMILES string of the molecule is COc1cccc(CN2CCN(C3(c4cccc(Br)c4)C(=O)c4ccccc4C3=O)CC2)c1. The van der Waals surface area contributed by atoms with Crippen LogP contribution in [0, 0.1) is 0 Å². The molecule has 3 aromatic rings. The third-order valence-electron chi connectivity index (χ3n) is 6.70. The van der Waals surface area contributed by atoms with Crippen molar-refractivity contribution in [3.8, 4) is 5.75 Å². The summed E-state index contributed by atoms with van der Waals surface area (Å²) in [4.78, 5) is 32.2. The normalized spacial score (nSPS) is 18.4. The van der Waals surface area contributed by atoms with Crippen LogP contribution in [0.3, 0.4) is 0 Å². The first-order valence-corrected chi connectivity index (χ1v) is 11.9. The fraction of sp³-hybridized carbons (Fsp3) is 0.259. The minimum absolute atomic E-state index is 0.123. The quantitative estimate of drug-likeness (QED) is 0.477. The second-order valence-corrected chi connectivity index (χ2v) is 9.45. The van der Waals surface area contributed by atoms with Crippen LogP contribution in [0.4, 0.5) is 0 Å². The summed E-state index contributed by atoms with van der Waals surface area (Å²) in [5, 5.41) is 0. The summed E-state index contributed by atoms with van der Waals surface area (Å²) in [6.45, 7) is 3.59. The van der Waals surface area contributed by atoms with Gasteiger partial charge in [0.15, 0.2) is 17.1 Å². The number of piperazine rings is 1. The molecule has 0 amide bonds. The Morgan fingerprint density at radius 3 is 2.15 bits per heavy atom. The van der Waals surface area contributed by atoms with Crippen LogP contribution in [0.5, 0.6) is 5.75 Å². The number of hydrogen-bond donors (Lipinski definition) is 0. The van der Waals surface area contributed by atoms with Gasteiger partial charge in [-0.25, -0.2) is 0 Å². The molecule has 5 nitrogen and oxygen atoms in total. The van der Waals surface area contributed by atoms with Crippen LogP contribution in [0.15, 0.2) is 77.3 Å². The number of rotatable bonds is 5. The Balaban J connectivity index is 1.45. The minimum Gasteiger partial charge on any atom is -0.497 e. The lowest BCUT2D eigenvalue weighted by molar-refractivity contribution is 0.0279. The van der Waals surface area contributed by atoms with Crippen molar-refractivity contribution in [2.24, 2.45) is 0 Å². The van der Waals surface area contributed by atoms with Crippen molar-refractivity contribution >= 4 is 27.5 Å². The number of Topliss-reactive ketones (excluding diaryl/α,β-unsaturated/α-hetero) is 2. The van der Waals surface area contributed by atoms with Crippen molar-refractivity contribution in [2.45, 2.75) is 12.1 Å². The van der Waals surface area contributed by atoms with Crippen LogP contribution in [0.25, 0.3) is 0 Å². The highest BCUT2D eigenvalue weighted by atomic mass is 79.9. The van der Waals surface area contributed by atoms with E-state index in [0.29, 0.717) is 24.2 Å². The Hall–Kier alpha value is -2.80. The predicted molar refractivity (Wildman–Crippen MR) is 131 cm³/mol. The second-order valence-electron chi connectivity index (χ2n) is 8.54. The maximum Gasteiger partial charge on any atom is 0.196 e. The molecule has 1 aliphatic carbocycles. The van der Waals surface area contributed by atoms with E-state index in [4.69, 9.17) is 4.74 Å². The Morgan fingerprint density at radius 1 is 0.848 bits per heavy atom. The van der Waals surface area contributed by atoms with Gasteiger partial charge in [0.05, 0.1) is 7.11 Å². The summed E-state index contributed by atoms with van der Waals surface area (Å²) in [6, 6.07) is 22.9. The molecule has 1 aliphatic heterocycles. The van der Waals surface area contributed by atoms with Crippen LogP contribution >= 0.6 is 15.9 Å². The van der Waals surface area contributed by atoms with Crippen molar-refractivity contribution in [1.29, 1.82) is 0 Å². The van der Waals surface area contributed by atoms with Gasteiger partial charge in [0, 0.05) is 48.3 Å². The molecule has 33 heavy (non-hydrogen) atoms. The molecule has 0 atom stereocenters. The number of ether oxygens (including phenoxy) is 1. The van der Waals surface area contributed by atoms with E-state index in [1.54, 1.807) is 19.2 Å². The molecule has 0 saturated carbocycles. The molecule has 1 fully saturated rings. The largest absolute Gasteiger partial charge is 0.497 e. The van der Waals surface area contributed by atoms with Crippen LogP contribution in [-0.2, 0) is 12.1 Å². The average molecular weight is 505 g/mol. The van der Waals surface area contributed by atoms with E-state index >= 15 is 0 Å². The van der Waals surface area contributed by atoms with Gasteiger partial charge in [-0.15, -0.1) is 0 Å². The van der Waals surface area contributed by atoms with Crippen LogP contribution < -0.4 is 4.74 Å². The molecule has 0 bridgehead atoms. The number of halogens is 1. The fourth-order valence-corrected chi connectivity index (χ4v) is 5.49. The summed E-state index contributed by atoms with van der Waals surface area (Å²) in [6.07, 6.45) is 0. The van der Waals surface area contributed by atoms with Crippen molar-refractivity contribution in [1.82, 2.24) is 9.80 Å². The van der Waals surface area contributed by atoms with E-state index < -0.39 is 5.54 Å². The van der Waals surface area contributed by atoms with Crippen molar-refractivity contribution in [2.75, 3.05) is 33.3 Å². The number of carbonyl (C=O) groups excluding carboxylic acids is 2. The molecule has 6 heteroatoms. The summed E-state index contributed by atoms with van der Waals surface area (Å²) in [7, 11) is 1.67. The van der Waals surface area contributed by atoms with E-state index in [9.17, 15) is 9.59 Å². The molecular formula is C27H25BrN2O3. The number of nitrogens with zero attached hydrogens (tertiary/aromatic N) is 2. The van der Waals surface area contributed by atoms with E-state index in [0.717, 1.165) is 35.4 Å². The summed E-state index contributed by atoms with van der Waals surface area (Å²) in [5.41, 5.74) is 1.63. The molecule has 168 valence electrons. The predicted octanol–water partition coefficient (Wildman–Crippen LogP) is 4.55. The second kappa shape index (κ2) is 8.86. The fourth-order valence-electron chi connectivity index (χ4n) is 5.09. The topological polar surface area (TPSA) is 49.9 Å². The lowest BCUT2D eigenvalue weighted by atomic mass is 9.82. The Kier molecular flexibility index (Phi) is 5.91. The van der Waals surface area contributed by atoms with E-state index in [2.05, 4.69) is 37.9 Å². The Bertz CT molecular complexity index is 1180. The van der Waals surface area contributed by atoms with Crippen molar-refractivity contribution in [3.05, 3.63) is 99.5 Å². The molecule has 0 aromatic heterocycles. The number of methoxy groups -OCH3 is 1. The molecule has 5 rings (SSSR count). The molecule has 0 spiro atoms. The van der Waals surface area contributed by atoms with Gasteiger partial charge >= 0.3 is 0 Å². The first-order valence-electron chi connectivity index (χ1n) is 11.1. The first-order chi connectivity index (χ1) is 16.0. The number of hydrogen-bond acceptors (Lipinski definition) is 5. The molecule has 1 heterocycles. The van der Waals surface area contributed by atoms with Gasteiger partial charge in [0.2, 0.25) is 0 Å². The van der Waals surface area contributed by atoms with Gasteiger partial charge < -0.3 is 4.74 Å². The van der Waals surface area contributed by atoms with Crippen molar-refractivity contribution in [3.63, 3.8) is 0 Å². The lowest BCUT2D eigenvalue weighted by Crippen LogP contribution is -2.60. The standard InChI is InChI=1S/C27H25BrN2O3/c1-33-22-9-4-6-19(16-22)18-29-12-14-30(15-13-29)27(20-7-5-8-21(28)17-20)25(31)23-10-2-3-11-24(23)26(27)32/h2-11,16-17H,12-15,18H2,1H3. The number of fused-ring (bicyclic) bond motifs is 1. The third kappa shape index (κ3) is 3.72. The summed E-state index contributed by atoms with van der Waals surface area (Å²) >= 11 is 3.53. The monoisotopic (exact) mass is 504 g/mol. The van der Waals surface area contributed by atoms with Crippen LogP contribution in [0.2, 0.25) is 0 Å². The van der Waals surface area contributed by atoms with Crippen LogP contribution in [0.1, 0.15) is 31.8 Å². The minimum atomic E-state index is -1.31. The Morgan fingerprint density at radius 2 is 1.52 bits per heavy atom. The van der Waals surface area contributed by atoms with E-state index in [1.807, 2.05) is 48.5 Å². The van der Waals surface area contributed by atoms with Crippen molar-refractivity contribution < 1.29 is 14.3 Å². The molecule has 3 aromatic carbocycles. The van der Waals surface area contributed by atoms with Gasteiger partial charge in [-0.3, -0.25) is 19.4 Å². The first kappa shape index (κ1) is 22.0. The molecule has 1 saturated heterocycles. The maximum absolute atomic E-state index is 13.9. The smallest absolute Gasteiger partial charge is 0.196 e. The average Bonchev–Trinajstić information content (AvgIpc) is 3.07. The van der Waals surface area contributed by atoms with E-state index in [-0.39, 0.29) is 11.6 Å². The van der Waals surface area contributed by atoms with Gasteiger partial charge in [-0.2, -0.15) is 0 Å². The highest BCUT2D eigenvalue weighted by Crippen LogP contribution is 2.43. The van der Waals surface area contributed by atoms with Gasteiger partial charge in [0.1, 0.15) is 5.75 Å². The summed E-state index contributed by atoms with van der Waals surface area (Å²) < 4.78 is 6.20. The summed E-state index contributed by atoms with van der Waals surface area (Å²) in [5.74, 6) is 0.601. The highest BCUT2D eigenvalue weighted by molar-refractivity contribution is 9.10. The Labute approximate surface area is 202 Å². The van der Waals surface area contributed by atoms with Gasteiger partial charge in [-0.05, 0) is 35.4 Å². The number of benzene rings is 3. The zero-order chi connectivity index (χ0) is 23.0. The third-order valence-corrected chi connectivity index (χ3v) is 7.20. The maximum atomic E-state index is 13.9. The zero-order valence-corrected chi connectivity index (χ0v) is 20.0. The molecular weight excluding hydrogens is 480 g/mol. The van der Waals surface area contributed by atoms with Gasteiger partial charge in [0.25, 0.3) is 0 Å². The highest BCUT2D eigenvalue weighted by Gasteiger charge is 2.58. The zero-order valence-electron chi connectivity index (χ0n) is 18.5.